The van der Waals surface area contributed by atoms with E-state index in [2.05, 4.69) is 18.3 Å². The Morgan fingerprint density at radius 2 is 2.22 bits per heavy atom. The number of hydrogen-bond acceptors (Lipinski definition) is 3. The van der Waals surface area contributed by atoms with Crippen LogP contribution in [0.4, 0.5) is 0 Å². The van der Waals surface area contributed by atoms with Gasteiger partial charge in [0.2, 0.25) is 0 Å². The van der Waals surface area contributed by atoms with Crippen LogP contribution in [0.3, 0.4) is 0 Å². The van der Waals surface area contributed by atoms with Gasteiger partial charge < -0.3 is 4.74 Å². The van der Waals surface area contributed by atoms with Gasteiger partial charge in [-0.05, 0) is 44.6 Å². The third-order valence-corrected chi connectivity index (χ3v) is 4.21. The molecule has 2 rings (SSSR count). The molecule has 0 aliphatic heterocycles. The van der Waals surface area contributed by atoms with Crippen LogP contribution >= 0.6 is 0 Å². The summed E-state index contributed by atoms with van der Waals surface area (Å²) < 4.78 is 5.98. The number of rotatable bonds is 7. The Labute approximate surface area is 111 Å². The van der Waals surface area contributed by atoms with Gasteiger partial charge in [0.15, 0.2) is 0 Å². The second-order valence-electron chi connectivity index (χ2n) is 5.94. The molecule has 0 heterocycles. The van der Waals surface area contributed by atoms with Crippen molar-refractivity contribution in [2.45, 2.75) is 69.9 Å². The molecule has 0 radical (unpaired) electrons. The molecule has 0 aromatic rings. The summed E-state index contributed by atoms with van der Waals surface area (Å²) in [6.07, 6.45) is 9.47. The number of nitrogens with one attached hydrogen (secondary N) is 1. The summed E-state index contributed by atoms with van der Waals surface area (Å²) >= 11 is 0. The Bertz CT molecular complexity index is 295. The molecule has 2 unspecified atom stereocenters. The maximum absolute atomic E-state index is 9.44. The summed E-state index contributed by atoms with van der Waals surface area (Å²) in [4.78, 5) is 0. The van der Waals surface area contributed by atoms with Crippen LogP contribution in [-0.2, 0) is 4.74 Å². The number of nitriles is 1. The van der Waals surface area contributed by atoms with E-state index in [1.807, 2.05) is 0 Å². The van der Waals surface area contributed by atoms with Crippen LogP contribution in [0.1, 0.15) is 58.3 Å². The first-order valence-corrected chi connectivity index (χ1v) is 7.56. The quantitative estimate of drug-likeness (QED) is 0.755. The zero-order chi connectivity index (χ0) is 12.8. The molecule has 0 saturated heterocycles. The molecule has 1 N–H and O–H groups in total. The van der Waals surface area contributed by atoms with E-state index < -0.39 is 0 Å². The minimum atomic E-state index is -0.321. The second kappa shape index (κ2) is 6.54. The zero-order valence-electron chi connectivity index (χ0n) is 11.6. The molecule has 0 aromatic heterocycles. The predicted molar refractivity (Wildman–Crippen MR) is 72.2 cm³/mol. The van der Waals surface area contributed by atoms with Gasteiger partial charge in [0, 0.05) is 13.0 Å². The zero-order valence-corrected chi connectivity index (χ0v) is 11.6. The normalized spacial score (nSPS) is 32.1. The van der Waals surface area contributed by atoms with E-state index in [9.17, 15) is 5.26 Å². The smallest absolute Gasteiger partial charge is 0.109 e. The highest BCUT2D eigenvalue weighted by Crippen LogP contribution is 2.34. The molecule has 2 aliphatic rings. The van der Waals surface area contributed by atoms with E-state index in [0.717, 1.165) is 51.2 Å². The van der Waals surface area contributed by atoms with E-state index in [1.54, 1.807) is 0 Å². The minimum Gasteiger partial charge on any atom is -0.378 e. The van der Waals surface area contributed by atoms with Crippen LogP contribution in [0, 0.1) is 17.2 Å². The topological polar surface area (TPSA) is 45.0 Å². The molecule has 0 aromatic carbocycles. The van der Waals surface area contributed by atoms with Gasteiger partial charge in [0.1, 0.15) is 5.54 Å². The Balaban J connectivity index is 1.75. The summed E-state index contributed by atoms with van der Waals surface area (Å²) in [5.74, 6) is 0.938. The molecule has 102 valence electrons. The summed E-state index contributed by atoms with van der Waals surface area (Å²) in [5.41, 5.74) is -0.321. The molecular weight excluding hydrogens is 224 g/mol. The Morgan fingerprint density at radius 3 is 2.89 bits per heavy atom. The van der Waals surface area contributed by atoms with Crippen molar-refractivity contribution in [3.8, 4) is 6.07 Å². The Kier molecular flexibility index (Phi) is 5.03. The molecule has 2 saturated carbocycles. The lowest BCUT2D eigenvalue weighted by Gasteiger charge is -2.36. The fraction of sp³-hybridized carbons (Fsp3) is 0.933. The largest absolute Gasteiger partial charge is 0.378 e. The van der Waals surface area contributed by atoms with Gasteiger partial charge in [0.25, 0.3) is 0 Å². The molecule has 18 heavy (non-hydrogen) atoms. The van der Waals surface area contributed by atoms with E-state index in [1.165, 1.54) is 19.3 Å². The van der Waals surface area contributed by atoms with Crippen LogP contribution in [0.5, 0.6) is 0 Å². The standard InChI is InChI=1S/C15H26N2O/c1-2-9-17-15(12-16)8-3-4-14(11-15)18-10-7-13-5-6-13/h13-14,17H,2-11H2,1H3. The van der Waals surface area contributed by atoms with Crippen molar-refractivity contribution < 1.29 is 4.74 Å². The highest BCUT2D eigenvalue weighted by Gasteiger charge is 2.36. The van der Waals surface area contributed by atoms with Crippen molar-refractivity contribution in [2.24, 2.45) is 5.92 Å². The van der Waals surface area contributed by atoms with Crippen molar-refractivity contribution in [2.75, 3.05) is 13.2 Å². The van der Waals surface area contributed by atoms with Crippen LogP contribution in [-0.4, -0.2) is 24.8 Å². The monoisotopic (exact) mass is 250 g/mol. The summed E-state index contributed by atoms with van der Waals surface area (Å²) in [6, 6.07) is 2.50. The minimum absolute atomic E-state index is 0.293. The van der Waals surface area contributed by atoms with E-state index in [0.29, 0.717) is 6.10 Å². The number of ether oxygens (including phenoxy) is 1. The molecule has 0 amide bonds. The molecule has 3 nitrogen and oxygen atoms in total. The van der Waals surface area contributed by atoms with Gasteiger partial charge in [-0.3, -0.25) is 5.32 Å². The number of hydrogen-bond donors (Lipinski definition) is 1. The second-order valence-corrected chi connectivity index (χ2v) is 5.94. The third-order valence-electron chi connectivity index (χ3n) is 4.21. The Hall–Kier alpha value is -0.590. The SMILES string of the molecule is CCCNC1(C#N)CCCC(OCCC2CC2)C1. The third kappa shape index (κ3) is 3.96. The number of nitrogens with zero attached hydrogens (tertiary/aromatic N) is 1. The van der Waals surface area contributed by atoms with E-state index in [4.69, 9.17) is 4.74 Å². The first kappa shape index (κ1) is 13.8. The molecule has 2 atom stereocenters. The lowest BCUT2D eigenvalue weighted by Crippen LogP contribution is -2.49. The molecule has 2 fully saturated rings. The highest BCUT2D eigenvalue weighted by atomic mass is 16.5. The lowest BCUT2D eigenvalue weighted by atomic mass is 9.81. The predicted octanol–water partition coefficient (Wildman–Crippen LogP) is 3.01. The maximum atomic E-state index is 9.44. The average molecular weight is 250 g/mol. The molecule has 2 aliphatic carbocycles. The summed E-state index contributed by atoms with van der Waals surface area (Å²) in [5, 5.41) is 12.9. The van der Waals surface area contributed by atoms with Crippen molar-refractivity contribution in [3.63, 3.8) is 0 Å². The van der Waals surface area contributed by atoms with Gasteiger partial charge in [-0.2, -0.15) is 5.26 Å². The van der Waals surface area contributed by atoms with E-state index in [-0.39, 0.29) is 5.54 Å². The average Bonchev–Trinajstić information content (AvgIpc) is 3.21. The van der Waals surface area contributed by atoms with Crippen molar-refractivity contribution in [3.05, 3.63) is 0 Å². The van der Waals surface area contributed by atoms with Crippen molar-refractivity contribution in [1.82, 2.24) is 5.32 Å². The molecule has 0 spiro atoms. The van der Waals surface area contributed by atoms with Crippen LogP contribution in [0.15, 0.2) is 0 Å². The Morgan fingerprint density at radius 1 is 1.39 bits per heavy atom. The maximum Gasteiger partial charge on any atom is 0.109 e. The molecular formula is C15H26N2O. The van der Waals surface area contributed by atoms with Crippen molar-refractivity contribution >= 4 is 0 Å². The van der Waals surface area contributed by atoms with Crippen LogP contribution in [0.2, 0.25) is 0 Å². The first-order chi connectivity index (χ1) is 8.78. The van der Waals surface area contributed by atoms with Gasteiger partial charge in [0.05, 0.1) is 12.2 Å². The highest BCUT2D eigenvalue weighted by molar-refractivity contribution is 5.10. The summed E-state index contributed by atoms with van der Waals surface area (Å²) in [7, 11) is 0. The van der Waals surface area contributed by atoms with Crippen molar-refractivity contribution in [1.29, 1.82) is 5.26 Å². The molecule has 3 heteroatoms. The fourth-order valence-corrected chi connectivity index (χ4v) is 2.84. The van der Waals surface area contributed by atoms with Crippen LogP contribution < -0.4 is 5.32 Å². The molecule has 0 bridgehead atoms. The van der Waals surface area contributed by atoms with Gasteiger partial charge in [-0.25, -0.2) is 0 Å². The summed E-state index contributed by atoms with van der Waals surface area (Å²) in [6.45, 7) is 3.97. The van der Waals surface area contributed by atoms with Gasteiger partial charge in [-0.1, -0.05) is 19.8 Å². The van der Waals surface area contributed by atoms with Gasteiger partial charge in [-0.15, -0.1) is 0 Å². The van der Waals surface area contributed by atoms with E-state index >= 15 is 0 Å². The fourth-order valence-electron chi connectivity index (χ4n) is 2.84. The van der Waals surface area contributed by atoms with Crippen LogP contribution in [0.25, 0.3) is 0 Å². The van der Waals surface area contributed by atoms with Gasteiger partial charge >= 0.3 is 0 Å². The first-order valence-electron chi connectivity index (χ1n) is 7.56. The lowest BCUT2D eigenvalue weighted by molar-refractivity contribution is 0.00649.